The Labute approximate surface area is 597 Å². The highest BCUT2D eigenvalue weighted by molar-refractivity contribution is 7.22. The third-order valence-corrected chi connectivity index (χ3v) is 23.7. The number of carbonyl (C=O) groups excluding carboxylic acids is 3. The molecule has 4 aliphatic carbocycles. The van der Waals surface area contributed by atoms with Crippen LogP contribution in [0.5, 0.6) is 0 Å². The molecule has 2 aromatic carbocycles. The molecule has 21 nitrogen and oxygen atoms in total. The summed E-state index contributed by atoms with van der Waals surface area (Å²) in [5.74, 6) is -0.349. The number of likely N-dealkylation sites (N-methyl/N-ethyl adjacent to an activating group) is 1. The van der Waals surface area contributed by atoms with Crippen molar-refractivity contribution in [3.05, 3.63) is 106 Å². The van der Waals surface area contributed by atoms with Crippen LogP contribution in [0, 0.1) is 42.4 Å². The molecule has 2 unspecified atom stereocenters. The van der Waals surface area contributed by atoms with Crippen LogP contribution in [0.3, 0.4) is 0 Å². The highest BCUT2D eigenvalue weighted by Gasteiger charge is 2.66. The molecule has 100 heavy (non-hydrogen) atoms. The number of aromatic nitrogens is 7. The predicted octanol–water partition coefficient (Wildman–Crippen LogP) is 13.9. The van der Waals surface area contributed by atoms with Gasteiger partial charge in [0.1, 0.15) is 24.5 Å². The molecule has 0 spiro atoms. The van der Waals surface area contributed by atoms with Crippen LogP contribution in [-0.4, -0.2) is 155 Å². The van der Waals surface area contributed by atoms with Crippen molar-refractivity contribution in [1.29, 1.82) is 0 Å². The summed E-state index contributed by atoms with van der Waals surface area (Å²) < 4.78 is 16.2. The maximum absolute atomic E-state index is 14.2. The van der Waals surface area contributed by atoms with E-state index in [2.05, 4.69) is 69.5 Å². The number of benzene rings is 2. The van der Waals surface area contributed by atoms with Gasteiger partial charge >= 0.3 is 5.97 Å². The minimum atomic E-state index is -1.09. The SMILES string of the molecule is Cc1ncsc1-c1ccc([C@H](C)NC(=O)[C@@H]2C[C@@H](O)CN2C(=O)[C@@H](NC(=O)COCCCCCCCCCCCN(C)CCOC23CC4(C)CC(C)(CC(Cn5ncc(-c6ccc(N7CCCc8c7nnc(Nc7nc9ccccc9s7)c8C)nc6C(=O)O)c5C)(C4)C2)C3)C(C)(C)C)cc1. The number of pyridine rings is 1. The molecule has 4 bridgehead atoms. The molecule has 4 saturated carbocycles. The van der Waals surface area contributed by atoms with E-state index in [9.17, 15) is 29.4 Å². The van der Waals surface area contributed by atoms with Crippen LogP contribution in [0.4, 0.5) is 22.6 Å². The van der Waals surface area contributed by atoms with E-state index in [0.29, 0.717) is 42.8 Å². The maximum Gasteiger partial charge on any atom is 0.355 e. The molecular weight excluding hydrogens is 1300 g/mol. The lowest BCUT2D eigenvalue weighted by atomic mass is 9.39. The summed E-state index contributed by atoms with van der Waals surface area (Å²) in [6.45, 7) is 23.0. The van der Waals surface area contributed by atoms with Gasteiger partial charge in [-0.2, -0.15) is 5.10 Å². The van der Waals surface area contributed by atoms with Crippen molar-refractivity contribution < 1.29 is 38.9 Å². The first-order valence-electron chi connectivity index (χ1n) is 36.3. The number of ether oxygens (including phenoxy) is 2. The molecule has 5 fully saturated rings. The maximum atomic E-state index is 14.2. The number of nitrogens with zero attached hydrogens (tertiary/aromatic N) is 10. The van der Waals surface area contributed by atoms with Gasteiger partial charge in [-0.05, 0) is 163 Å². The van der Waals surface area contributed by atoms with E-state index >= 15 is 0 Å². The predicted molar refractivity (Wildman–Crippen MR) is 393 cm³/mol. The van der Waals surface area contributed by atoms with E-state index in [-0.39, 0.29) is 65.0 Å². The van der Waals surface area contributed by atoms with Gasteiger partial charge in [0, 0.05) is 67.2 Å². The molecule has 5 N–H and O–H groups in total. The van der Waals surface area contributed by atoms with E-state index in [1.165, 1.54) is 43.4 Å². The van der Waals surface area contributed by atoms with Gasteiger partial charge in [-0.25, -0.2) is 19.7 Å². The molecule has 6 atom stereocenters. The van der Waals surface area contributed by atoms with Crippen molar-refractivity contribution in [1.82, 2.24) is 55.4 Å². The third kappa shape index (κ3) is 16.4. The lowest BCUT2D eigenvalue weighted by molar-refractivity contribution is -0.248. The van der Waals surface area contributed by atoms with Crippen LogP contribution in [-0.2, 0) is 36.8 Å². The Morgan fingerprint density at radius 2 is 1.54 bits per heavy atom. The summed E-state index contributed by atoms with van der Waals surface area (Å²) in [7, 11) is 2.22. The Hall–Kier alpha value is -7.28. The van der Waals surface area contributed by atoms with Gasteiger partial charge in [0.15, 0.2) is 22.5 Å². The number of carboxylic acids is 1. The number of likely N-dealkylation sites (tertiary alicyclic amines) is 1. The Bertz CT molecular complexity index is 4020. The molecule has 1 saturated heterocycles. The summed E-state index contributed by atoms with van der Waals surface area (Å²) in [6.07, 6.45) is 19.5. The highest BCUT2D eigenvalue weighted by Crippen LogP contribution is 2.72. The van der Waals surface area contributed by atoms with Crippen molar-refractivity contribution in [3.63, 3.8) is 0 Å². The van der Waals surface area contributed by atoms with Gasteiger partial charge in [-0.1, -0.05) is 127 Å². The fraction of sp³-hybridized carbons (Fsp3) is 0.584. The molecule has 7 aromatic rings. The van der Waals surface area contributed by atoms with Crippen LogP contribution in [0.2, 0.25) is 0 Å². The molecule has 2 aliphatic heterocycles. The second kappa shape index (κ2) is 30.3. The number of aliphatic hydroxyl groups is 1. The number of thiazole rings is 2. The van der Waals surface area contributed by atoms with Crippen molar-refractivity contribution >= 4 is 79.2 Å². The van der Waals surface area contributed by atoms with Crippen molar-refractivity contribution in [3.8, 4) is 21.6 Å². The van der Waals surface area contributed by atoms with Gasteiger partial charge in [-0.15, -0.1) is 21.5 Å². The number of aryl methyl sites for hydroxylation is 1. The monoisotopic (exact) mass is 1400 g/mol. The van der Waals surface area contributed by atoms with E-state index < -0.39 is 35.5 Å². The average molecular weight is 1400 g/mol. The van der Waals surface area contributed by atoms with Crippen LogP contribution in [0.25, 0.3) is 31.8 Å². The lowest BCUT2D eigenvalue weighted by Gasteiger charge is -2.69. The van der Waals surface area contributed by atoms with Crippen LogP contribution in [0.1, 0.15) is 195 Å². The van der Waals surface area contributed by atoms with Crippen molar-refractivity contribution in [2.45, 2.75) is 214 Å². The zero-order valence-corrected chi connectivity index (χ0v) is 61.9. The van der Waals surface area contributed by atoms with E-state index in [1.807, 2.05) is 113 Å². The quantitative estimate of drug-likeness (QED) is 0.0253. The molecule has 6 aliphatic rings. The number of anilines is 4. The smallest absolute Gasteiger partial charge is 0.355 e. The van der Waals surface area contributed by atoms with E-state index in [1.54, 1.807) is 22.7 Å². The summed E-state index contributed by atoms with van der Waals surface area (Å²) in [5, 5.41) is 45.9. The zero-order chi connectivity index (χ0) is 70.7. The Balaban J connectivity index is 0.541. The third-order valence-electron chi connectivity index (χ3n) is 21.8. The Morgan fingerprint density at radius 3 is 2.24 bits per heavy atom. The van der Waals surface area contributed by atoms with Crippen LogP contribution in [0.15, 0.2) is 72.4 Å². The number of hydrogen-bond acceptors (Lipinski definition) is 18. The van der Waals surface area contributed by atoms with Gasteiger partial charge in [0.25, 0.3) is 0 Å². The number of fused-ring (bicyclic) bond motifs is 2. The number of aliphatic hydroxyl groups excluding tert-OH is 1. The first-order chi connectivity index (χ1) is 47.8. The van der Waals surface area contributed by atoms with Gasteiger partial charge in [0.05, 0.1) is 56.8 Å². The first kappa shape index (κ1) is 72.5. The van der Waals surface area contributed by atoms with Crippen LogP contribution >= 0.6 is 22.7 Å². The Kier molecular flexibility index (Phi) is 22.0. The minimum Gasteiger partial charge on any atom is -0.476 e. The van der Waals surface area contributed by atoms with E-state index in [0.717, 1.165) is 150 Å². The molecule has 23 heteroatoms. The van der Waals surface area contributed by atoms with Gasteiger partial charge in [-0.3, -0.25) is 19.1 Å². The molecule has 0 radical (unpaired) electrons. The lowest BCUT2D eigenvalue weighted by Crippen LogP contribution is -2.64. The number of carboxylic acid groups (broad SMARTS) is 1. The number of amides is 3. The molecular formula is C77H103N13O8S2. The molecule has 13 rings (SSSR count). The van der Waals surface area contributed by atoms with Gasteiger partial charge in [0.2, 0.25) is 17.7 Å². The molecule has 5 aromatic heterocycles. The number of β-amino-alcohol motifs (C(OH)–C–C–N with tert-alkyl or cyclic N) is 1. The first-order valence-corrected chi connectivity index (χ1v) is 38.0. The topological polar surface area (TPSA) is 255 Å². The fourth-order valence-electron chi connectivity index (χ4n) is 18.0. The fourth-order valence-corrected chi connectivity index (χ4v) is 19.7. The minimum absolute atomic E-state index is 0.00594. The molecule has 536 valence electrons. The second-order valence-electron chi connectivity index (χ2n) is 31.6. The molecule has 7 heterocycles. The standard InChI is InChI=1S/C77H103N13O8S2/c1-49-56-23-22-33-88(68(56)86-85-67(49)84-72-81-59-24-18-19-25-61(59)100-72)62-31-30-57(64(82-62)71(95)96)58-38-79-90(52(58)4)47-76-42-74(8)41-75(9,43-76)45-77(44-74,46-76)98-36-34-87(10)32-20-16-14-12-11-13-15-17-21-35-97-40-63(92)83-66(73(5,6)7)70(94)89-39-55(91)37-60(89)69(93)80-50(2)53-26-28-54(29-27-53)65-51(3)78-48-99-65/h18-19,24-31,38,48,50,55,60,66,91H,11-17,20-23,32-37,39-47H2,1-10H3,(H,80,93)(H,83,92)(H,95,96)(H,81,84,85)/t50-,55+,60-,66+,74?,75?,76?,77?/m0/s1. The van der Waals surface area contributed by atoms with Crippen LogP contribution < -0.4 is 20.9 Å². The number of hydrogen-bond donors (Lipinski definition) is 5. The number of nitrogens with one attached hydrogen (secondary N) is 3. The molecule has 3 amide bonds. The summed E-state index contributed by atoms with van der Waals surface area (Å²) in [5.41, 5.74) is 9.50. The summed E-state index contributed by atoms with van der Waals surface area (Å²) in [4.78, 5) is 75.2. The second-order valence-corrected chi connectivity index (χ2v) is 33.5. The largest absolute Gasteiger partial charge is 0.476 e. The number of aromatic carboxylic acids is 1. The number of carbonyl (C=O) groups is 4. The number of rotatable bonds is 31. The zero-order valence-electron chi connectivity index (χ0n) is 60.3. The normalized spacial score (nSPS) is 23.1. The summed E-state index contributed by atoms with van der Waals surface area (Å²) in [6, 6.07) is 17.7. The van der Waals surface area contributed by atoms with Crippen molar-refractivity contribution in [2.75, 3.05) is 63.3 Å². The Morgan fingerprint density at radius 1 is 0.820 bits per heavy atom. The summed E-state index contributed by atoms with van der Waals surface area (Å²) >= 11 is 3.16. The van der Waals surface area contributed by atoms with Gasteiger partial charge < -0.3 is 50.3 Å². The number of para-hydroxylation sites is 1. The number of unbranched alkanes of at least 4 members (excludes halogenated alkanes) is 8. The average Bonchev–Trinajstić information content (AvgIpc) is 0.805. The highest BCUT2D eigenvalue weighted by atomic mass is 32.1. The van der Waals surface area contributed by atoms with Crippen molar-refractivity contribution in [2.24, 2.45) is 21.7 Å². The van der Waals surface area contributed by atoms with E-state index in [4.69, 9.17) is 29.6 Å².